The van der Waals surface area contributed by atoms with Crippen LogP contribution in [0.3, 0.4) is 0 Å². The van der Waals surface area contributed by atoms with Crippen LogP contribution in [0.25, 0.3) is 0 Å². The van der Waals surface area contributed by atoms with E-state index in [2.05, 4.69) is 41.2 Å². The molecule has 1 unspecified atom stereocenters. The van der Waals surface area contributed by atoms with Gasteiger partial charge in [-0.15, -0.1) is 11.8 Å². The average Bonchev–Trinajstić information content (AvgIpc) is 2.92. The fraction of sp³-hybridized carbons (Fsp3) is 0.500. The van der Waals surface area contributed by atoms with Crippen molar-refractivity contribution in [3.05, 3.63) is 29.8 Å². The molecule has 2 N–H and O–H groups in total. The molecule has 2 atom stereocenters. The molecular weight excluding hydrogens is 244 g/mol. The molecular formula is C14H20N2OS. The molecule has 4 heteroatoms. The Labute approximate surface area is 113 Å². The van der Waals surface area contributed by atoms with Gasteiger partial charge in [0.1, 0.15) is 0 Å². The second-order valence-electron chi connectivity index (χ2n) is 4.65. The van der Waals surface area contributed by atoms with E-state index in [0.717, 1.165) is 24.9 Å². The van der Waals surface area contributed by atoms with Crippen molar-refractivity contribution in [2.24, 2.45) is 0 Å². The van der Waals surface area contributed by atoms with Crippen LogP contribution in [-0.2, 0) is 4.79 Å². The first-order valence-electron chi connectivity index (χ1n) is 6.38. The number of carbonyl (C=O) groups is 1. The number of benzene rings is 1. The van der Waals surface area contributed by atoms with E-state index in [1.165, 1.54) is 4.90 Å². The van der Waals surface area contributed by atoms with Crippen molar-refractivity contribution < 1.29 is 4.79 Å². The molecule has 0 saturated carbocycles. The van der Waals surface area contributed by atoms with Crippen LogP contribution in [0.15, 0.2) is 29.2 Å². The van der Waals surface area contributed by atoms with Crippen molar-refractivity contribution in [3.63, 3.8) is 0 Å². The second-order valence-corrected chi connectivity index (χ2v) is 5.53. The Morgan fingerprint density at radius 1 is 1.44 bits per heavy atom. The summed E-state index contributed by atoms with van der Waals surface area (Å²) in [6.07, 6.45) is 4.10. The van der Waals surface area contributed by atoms with Gasteiger partial charge >= 0.3 is 0 Å². The van der Waals surface area contributed by atoms with Crippen LogP contribution in [0.2, 0.25) is 0 Å². The average molecular weight is 264 g/mol. The summed E-state index contributed by atoms with van der Waals surface area (Å²) < 4.78 is 0. The van der Waals surface area contributed by atoms with E-state index in [1.54, 1.807) is 11.8 Å². The highest BCUT2D eigenvalue weighted by atomic mass is 32.2. The molecule has 18 heavy (non-hydrogen) atoms. The monoisotopic (exact) mass is 264 g/mol. The lowest BCUT2D eigenvalue weighted by atomic mass is 10.1. The summed E-state index contributed by atoms with van der Waals surface area (Å²) in [5.74, 6) is 0.119. The first-order valence-corrected chi connectivity index (χ1v) is 7.61. The van der Waals surface area contributed by atoms with Gasteiger partial charge in [-0.2, -0.15) is 0 Å². The summed E-state index contributed by atoms with van der Waals surface area (Å²) >= 11 is 1.73. The van der Waals surface area contributed by atoms with Crippen LogP contribution in [0, 0.1) is 0 Å². The van der Waals surface area contributed by atoms with Gasteiger partial charge in [0.25, 0.3) is 0 Å². The third kappa shape index (κ3) is 3.27. The molecule has 1 saturated heterocycles. The standard InChI is InChI=1S/C14H20N2OS/c1-10(11-5-7-12(18-2)8-6-11)16-14(17)13-4-3-9-15-13/h5-8,10,13,15H,3-4,9H2,1-2H3,(H,16,17)/t10?,13-/m0/s1. The molecule has 1 fully saturated rings. The third-order valence-electron chi connectivity index (χ3n) is 3.35. The third-order valence-corrected chi connectivity index (χ3v) is 4.09. The Balaban J connectivity index is 1.93. The predicted octanol–water partition coefficient (Wildman–Crippen LogP) is 2.34. The van der Waals surface area contributed by atoms with E-state index in [4.69, 9.17) is 0 Å². The van der Waals surface area contributed by atoms with Crippen LogP contribution < -0.4 is 10.6 Å². The molecule has 1 aromatic rings. The molecule has 0 spiro atoms. The number of rotatable bonds is 4. The van der Waals surface area contributed by atoms with Gasteiger partial charge < -0.3 is 10.6 Å². The molecule has 2 rings (SSSR count). The van der Waals surface area contributed by atoms with Gasteiger partial charge in [-0.3, -0.25) is 4.79 Å². The molecule has 1 aliphatic heterocycles. The maximum absolute atomic E-state index is 12.0. The van der Waals surface area contributed by atoms with Gasteiger partial charge in [0.05, 0.1) is 12.1 Å². The fourth-order valence-corrected chi connectivity index (χ4v) is 2.61. The molecule has 0 aliphatic carbocycles. The Bertz CT molecular complexity index is 399. The summed E-state index contributed by atoms with van der Waals surface area (Å²) in [6, 6.07) is 8.42. The Kier molecular flexibility index (Phi) is 4.66. The number of thioether (sulfide) groups is 1. The number of nitrogens with one attached hydrogen (secondary N) is 2. The predicted molar refractivity (Wildman–Crippen MR) is 75.8 cm³/mol. The van der Waals surface area contributed by atoms with Crippen LogP contribution in [0.1, 0.15) is 31.4 Å². The van der Waals surface area contributed by atoms with E-state index in [1.807, 2.05) is 6.92 Å². The zero-order chi connectivity index (χ0) is 13.0. The molecule has 1 heterocycles. The van der Waals surface area contributed by atoms with E-state index < -0.39 is 0 Å². The lowest BCUT2D eigenvalue weighted by Crippen LogP contribution is -2.41. The van der Waals surface area contributed by atoms with Crippen LogP contribution in [-0.4, -0.2) is 24.7 Å². The zero-order valence-electron chi connectivity index (χ0n) is 10.9. The highest BCUT2D eigenvalue weighted by Gasteiger charge is 2.23. The fourth-order valence-electron chi connectivity index (χ4n) is 2.20. The molecule has 3 nitrogen and oxygen atoms in total. The molecule has 0 radical (unpaired) electrons. The summed E-state index contributed by atoms with van der Waals surface area (Å²) in [5, 5.41) is 6.28. The number of hydrogen-bond donors (Lipinski definition) is 2. The summed E-state index contributed by atoms with van der Waals surface area (Å²) in [4.78, 5) is 13.2. The molecule has 98 valence electrons. The Morgan fingerprint density at radius 2 is 2.17 bits per heavy atom. The van der Waals surface area contributed by atoms with E-state index in [-0.39, 0.29) is 18.0 Å². The highest BCUT2D eigenvalue weighted by Crippen LogP contribution is 2.19. The highest BCUT2D eigenvalue weighted by molar-refractivity contribution is 7.98. The van der Waals surface area contributed by atoms with Gasteiger partial charge in [0.2, 0.25) is 5.91 Å². The lowest BCUT2D eigenvalue weighted by Gasteiger charge is -2.17. The molecule has 1 amide bonds. The number of hydrogen-bond acceptors (Lipinski definition) is 3. The van der Waals surface area contributed by atoms with Crippen LogP contribution in [0.4, 0.5) is 0 Å². The SMILES string of the molecule is CSc1ccc(C(C)NC(=O)[C@@H]2CCCN2)cc1. The minimum Gasteiger partial charge on any atom is -0.348 e. The van der Waals surface area contributed by atoms with Crippen LogP contribution in [0.5, 0.6) is 0 Å². The van der Waals surface area contributed by atoms with Crippen molar-refractivity contribution in [2.45, 2.75) is 36.7 Å². The van der Waals surface area contributed by atoms with Gasteiger partial charge in [0.15, 0.2) is 0 Å². The Morgan fingerprint density at radius 3 is 2.72 bits per heavy atom. The summed E-state index contributed by atoms with van der Waals surface area (Å²) in [5.41, 5.74) is 1.15. The van der Waals surface area contributed by atoms with Crippen LogP contribution >= 0.6 is 11.8 Å². The van der Waals surface area contributed by atoms with Crippen molar-refractivity contribution >= 4 is 17.7 Å². The maximum atomic E-state index is 12.0. The van der Waals surface area contributed by atoms with Crippen molar-refractivity contribution in [1.29, 1.82) is 0 Å². The van der Waals surface area contributed by atoms with E-state index >= 15 is 0 Å². The molecule has 0 aromatic heterocycles. The van der Waals surface area contributed by atoms with Crippen molar-refractivity contribution in [1.82, 2.24) is 10.6 Å². The minimum atomic E-state index is -0.00193. The van der Waals surface area contributed by atoms with E-state index in [0.29, 0.717) is 0 Å². The second kappa shape index (κ2) is 6.25. The van der Waals surface area contributed by atoms with Crippen molar-refractivity contribution in [3.8, 4) is 0 Å². The number of amides is 1. The molecule has 0 bridgehead atoms. The Hall–Kier alpha value is -1.00. The largest absolute Gasteiger partial charge is 0.348 e. The summed E-state index contributed by atoms with van der Waals surface area (Å²) in [7, 11) is 0. The summed E-state index contributed by atoms with van der Waals surface area (Å²) in [6.45, 7) is 2.98. The quantitative estimate of drug-likeness (QED) is 0.820. The number of carbonyl (C=O) groups excluding carboxylic acids is 1. The maximum Gasteiger partial charge on any atom is 0.237 e. The van der Waals surface area contributed by atoms with Gasteiger partial charge in [0, 0.05) is 4.90 Å². The first kappa shape index (κ1) is 13.4. The topological polar surface area (TPSA) is 41.1 Å². The van der Waals surface area contributed by atoms with Gasteiger partial charge in [-0.05, 0) is 50.3 Å². The smallest absolute Gasteiger partial charge is 0.237 e. The lowest BCUT2D eigenvalue weighted by molar-refractivity contribution is -0.123. The normalized spacial score (nSPS) is 20.7. The molecule has 1 aliphatic rings. The first-order chi connectivity index (χ1) is 8.70. The zero-order valence-corrected chi connectivity index (χ0v) is 11.7. The van der Waals surface area contributed by atoms with Gasteiger partial charge in [-0.1, -0.05) is 12.1 Å². The minimum absolute atomic E-state index is 0.00193. The van der Waals surface area contributed by atoms with Gasteiger partial charge in [-0.25, -0.2) is 0 Å². The van der Waals surface area contributed by atoms with Crippen molar-refractivity contribution in [2.75, 3.05) is 12.8 Å². The van der Waals surface area contributed by atoms with E-state index in [9.17, 15) is 4.79 Å². The molecule has 1 aromatic carbocycles.